The summed E-state index contributed by atoms with van der Waals surface area (Å²) in [6.45, 7) is 0.345. The van der Waals surface area contributed by atoms with Crippen LogP contribution in [-0.4, -0.2) is 53.0 Å². The Morgan fingerprint density at radius 2 is 1.76 bits per heavy atom. The van der Waals surface area contributed by atoms with Crippen molar-refractivity contribution < 1.29 is 31.8 Å². The number of nitrogens with one attached hydrogen (secondary N) is 2. The minimum absolute atomic E-state index is 0.0171. The van der Waals surface area contributed by atoms with Gasteiger partial charge in [-0.2, -0.15) is 18.2 Å². The van der Waals surface area contributed by atoms with E-state index in [4.69, 9.17) is 32.7 Å². The highest BCUT2D eigenvalue weighted by molar-refractivity contribution is 6.39. The number of rotatable bonds is 8. The molecule has 1 saturated carbocycles. The normalized spacial score (nSPS) is 18.0. The van der Waals surface area contributed by atoms with E-state index in [2.05, 4.69) is 20.6 Å². The molecule has 4 rings (SSSR count). The monoisotopic (exact) mass is 577 g/mol. The zero-order valence-electron chi connectivity index (χ0n) is 20.5. The lowest BCUT2D eigenvalue weighted by Gasteiger charge is -2.30. The molecule has 206 valence electrons. The Bertz CT molecular complexity index is 1300. The Morgan fingerprint density at radius 3 is 2.37 bits per heavy atom. The first kappa shape index (κ1) is 28.2. The average Bonchev–Trinajstić information content (AvgIpc) is 3.15. The second kappa shape index (κ2) is 11.5. The first-order chi connectivity index (χ1) is 18.0. The molecule has 3 aromatic rings. The number of pyridine rings is 1. The molecule has 1 aliphatic rings. The molecule has 38 heavy (non-hydrogen) atoms. The molecule has 0 aliphatic heterocycles. The van der Waals surface area contributed by atoms with E-state index < -0.39 is 29.9 Å². The number of imidazole rings is 1. The molecule has 2 heterocycles. The summed E-state index contributed by atoms with van der Waals surface area (Å²) < 4.78 is 64.9. The van der Waals surface area contributed by atoms with Gasteiger partial charge in [-0.25, -0.2) is 9.37 Å². The third kappa shape index (κ3) is 6.24. The third-order valence-electron chi connectivity index (χ3n) is 6.35. The summed E-state index contributed by atoms with van der Waals surface area (Å²) >= 11 is 12.3. The van der Waals surface area contributed by atoms with Gasteiger partial charge in [0.2, 0.25) is 11.8 Å². The molecule has 1 aromatic carbocycles. The smallest absolute Gasteiger partial charge is 0.391 e. The second-order valence-electron chi connectivity index (χ2n) is 8.95. The number of benzene rings is 1. The summed E-state index contributed by atoms with van der Waals surface area (Å²) in [5.74, 6) is -2.22. The molecule has 1 aliphatic carbocycles. The van der Waals surface area contributed by atoms with Crippen molar-refractivity contribution in [2.45, 2.75) is 37.9 Å². The zero-order valence-corrected chi connectivity index (χ0v) is 22.0. The molecule has 0 atom stereocenters. The number of ether oxygens (including phenoxy) is 2. The Morgan fingerprint density at radius 1 is 1.11 bits per heavy atom. The number of fused-ring (bicyclic) bond motifs is 1. The highest BCUT2D eigenvalue weighted by Crippen LogP contribution is 2.38. The van der Waals surface area contributed by atoms with Crippen molar-refractivity contribution in [2.24, 2.45) is 13.0 Å². The second-order valence-corrected chi connectivity index (χ2v) is 9.77. The van der Waals surface area contributed by atoms with Crippen LogP contribution in [0.3, 0.4) is 0 Å². The quantitative estimate of drug-likeness (QED) is 0.251. The first-order valence-electron chi connectivity index (χ1n) is 11.8. The molecule has 0 radical (unpaired) electrons. The topological polar surface area (TPSA) is 90.3 Å². The lowest BCUT2D eigenvalue weighted by atomic mass is 9.85. The number of amides is 1. The molecule has 0 bridgehead atoms. The van der Waals surface area contributed by atoms with Crippen LogP contribution in [0.2, 0.25) is 10.0 Å². The number of halogens is 6. The number of carbonyl (C=O) groups is 1. The number of nitrogens with zero attached hydrogens (tertiary/aromatic N) is 3. The van der Waals surface area contributed by atoms with Gasteiger partial charge in [0.15, 0.2) is 5.65 Å². The Labute approximate surface area is 225 Å². The van der Waals surface area contributed by atoms with Crippen LogP contribution >= 0.6 is 23.2 Å². The van der Waals surface area contributed by atoms with E-state index in [0.717, 1.165) is 12.1 Å². The maximum atomic E-state index is 13.6. The highest BCUT2D eigenvalue weighted by atomic mass is 35.5. The third-order valence-corrected chi connectivity index (χ3v) is 6.95. The summed E-state index contributed by atoms with van der Waals surface area (Å²) in [5, 5.41) is 5.84. The fraction of sp³-hybridized carbons (Fsp3) is 0.458. The molecule has 0 saturated heterocycles. The van der Waals surface area contributed by atoms with E-state index in [9.17, 15) is 22.4 Å². The molecule has 14 heteroatoms. The molecule has 0 spiro atoms. The molecule has 2 N–H and O–H groups in total. The molecule has 0 unspecified atom stereocenters. The van der Waals surface area contributed by atoms with Gasteiger partial charge in [-0.15, -0.1) is 0 Å². The van der Waals surface area contributed by atoms with E-state index in [1.807, 2.05) is 0 Å². The Balaban J connectivity index is 1.61. The number of carbonyl (C=O) groups excluding carboxylic acids is 1. The first-order valence-corrected chi connectivity index (χ1v) is 12.5. The zero-order chi connectivity index (χ0) is 27.6. The van der Waals surface area contributed by atoms with Crippen molar-refractivity contribution >= 4 is 51.9 Å². The van der Waals surface area contributed by atoms with Gasteiger partial charge >= 0.3 is 6.18 Å². The van der Waals surface area contributed by atoms with Crippen molar-refractivity contribution in [3.63, 3.8) is 0 Å². The van der Waals surface area contributed by atoms with Gasteiger partial charge in [-0.3, -0.25) is 9.36 Å². The lowest BCUT2D eigenvalue weighted by Crippen LogP contribution is -2.40. The molecule has 8 nitrogen and oxygen atoms in total. The number of hydrogen-bond donors (Lipinski definition) is 2. The summed E-state index contributed by atoms with van der Waals surface area (Å²) in [6, 6.07) is 3.28. The van der Waals surface area contributed by atoms with Crippen LogP contribution in [0, 0.1) is 11.7 Å². The van der Waals surface area contributed by atoms with Crippen LogP contribution in [0.5, 0.6) is 5.88 Å². The van der Waals surface area contributed by atoms with E-state index in [0.29, 0.717) is 11.2 Å². The number of anilines is 2. The van der Waals surface area contributed by atoms with Gasteiger partial charge in [0.25, 0.3) is 5.91 Å². The van der Waals surface area contributed by atoms with Gasteiger partial charge < -0.3 is 20.1 Å². The van der Waals surface area contributed by atoms with Gasteiger partial charge in [0.05, 0.1) is 28.3 Å². The fourth-order valence-corrected chi connectivity index (χ4v) is 4.86. The van der Waals surface area contributed by atoms with Crippen molar-refractivity contribution in [3.05, 3.63) is 39.6 Å². The molecule has 2 aromatic heterocycles. The van der Waals surface area contributed by atoms with Gasteiger partial charge in [0, 0.05) is 20.2 Å². The standard InChI is InChI=1S/C24H25Cl2F4N5O3/c1-35-20-18(32-23(35)33-19-16(25)9-13(27)10-17(19)26)11-15(22(34-20)38-8-7-37-2)21(36)31-14-5-3-12(4-6-14)24(28,29)30/h9-12,14H,3-8H2,1-2H3,(H,31,36)(H,32,33). The molecular weight excluding hydrogens is 553 g/mol. The van der Waals surface area contributed by atoms with Crippen molar-refractivity contribution in [1.29, 1.82) is 0 Å². The largest absolute Gasteiger partial charge is 0.475 e. The van der Waals surface area contributed by atoms with Crippen LogP contribution in [-0.2, 0) is 11.8 Å². The summed E-state index contributed by atoms with van der Waals surface area (Å²) in [5.41, 5.74) is 0.997. The van der Waals surface area contributed by atoms with E-state index >= 15 is 0 Å². The predicted octanol–water partition coefficient (Wildman–Crippen LogP) is 6.03. The van der Waals surface area contributed by atoms with Crippen LogP contribution in [0.1, 0.15) is 36.0 Å². The van der Waals surface area contributed by atoms with Crippen LogP contribution in [0.4, 0.5) is 29.2 Å². The number of hydrogen-bond acceptors (Lipinski definition) is 6. The fourth-order valence-electron chi connectivity index (χ4n) is 4.30. The molecule has 1 amide bonds. The summed E-state index contributed by atoms with van der Waals surface area (Å²) in [4.78, 5) is 22.1. The Kier molecular flexibility index (Phi) is 8.53. The van der Waals surface area contributed by atoms with Gasteiger partial charge in [-0.1, -0.05) is 23.2 Å². The number of aryl methyl sites for hydroxylation is 1. The van der Waals surface area contributed by atoms with E-state index in [-0.39, 0.29) is 72.0 Å². The van der Waals surface area contributed by atoms with Crippen molar-refractivity contribution in [3.8, 4) is 5.88 Å². The van der Waals surface area contributed by atoms with Gasteiger partial charge in [0.1, 0.15) is 23.5 Å². The molecule has 1 fully saturated rings. The minimum atomic E-state index is -4.24. The maximum absolute atomic E-state index is 13.6. The number of alkyl halides is 3. The predicted molar refractivity (Wildman–Crippen MR) is 135 cm³/mol. The van der Waals surface area contributed by atoms with Gasteiger partial charge in [-0.05, 0) is 43.9 Å². The molecular formula is C24H25Cl2F4N5O3. The van der Waals surface area contributed by atoms with Crippen LogP contribution < -0.4 is 15.4 Å². The average molecular weight is 578 g/mol. The summed E-state index contributed by atoms with van der Waals surface area (Å²) in [6.07, 6.45) is -3.91. The van der Waals surface area contributed by atoms with Crippen LogP contribution in [0.25, 0.3) is 11.2 Å². The maximum Gasteiger partial charge on any atom is 0.391 e. The lowest BCUT2D eigenvalue weighted by molar-refractivity contribution is -0.182. The van der Waals surface area contributed by atoms with E-state index in [1.165, 1.54) is 13.2 Å². The Hall–Kier alpha value is -2.83. The SMILES string of the molecule is COCCOc1nc2c(cc1C(=O)NC1CCC(C(F)(F)F)CC1)nc(Nc1c(Cl)cc(F)cc1Cl)n2C. The minimum Gasteiger partial charge on any atom is -0.475 e. The van der Waals surface area contributed by atoms with Crippen molar-refractivity contribution in [1.82, 2.24) is 19.9 Å². The van der Waals surface area contributed by atoms with Crippen LogP contribution in [0.15, 0.2) is 18.2 Å². The van der Waals surface area contributed by atoms with E-state index in [1.54, 1.807) is 11.6 Å². The number of methoxy groups -OCH3 is 1. The number of aromatic nitrogens is 3. The van der Waals surface area contributed by atoms with Crippen molar-refractivity contribution in [2.75, 3.05) is 25.6 Å². The summed E-state index contributed by atoms with van der Waals surface area (Å²) in [7, 11) is 3.16. The highest BCUT2D eigenvalue weighted by Gasteiger charge is 2.41.